The molecule has 22 nitrogen and oxygen atoms in total. The maximum Gasteiger partial charge on any atom is 0.408 e. The molecule has 4 aromatic heterocycles. The van der Waals surface area contributed by atoms with Crippen molar-refractivity contribution in [1.29, 1.82) is 0 Å². The molecule has 11 N–H and O–H groups in total. The molecule has 4 aromatic rings. The van der Waals surface area contributed by atoms with Crippen LogP contribution in [0.2, 0.25) is 15.5 Å². The Morgan fingerprint density at radius 2 is 0.988 bits per heavy atom. The Balaban J connectivity index is 0. The van der Waals surface area contributed by atoms with Crippen LogP contribution in [-0.4, -0.2) is 124 Å². The van der Waals surface area contributed by atoms with Crippen LogP contribution in [0.25, 0.3) is 11.9 Å². The van der Waals surface area contributed by atoms with Crippen LogP contribution in [0.1, 0.15) is 196 Å². The monoisotopic (exact) mass is 1230 g/mol. The van der Waals surface area contributed by atoms with E-state index in [2.05, 4.69) is 85.8 Å². The number of alkyl carbamates (subject to hydrolysis) is 1. The van der Waals surface area contributed by atoms with Gasteiger partial charge in [-0.25, -0.2) is 39.5 Å². The quantitative estimate of drug-likeness (QED) is 0.0194. The van der Waals surface area contributed by atoms with E-state index in [0.29, 0.717) is 46.6 Å². The number of carboxylic acids is 1. The first-order valence-corrected chi connectivity index (χ1v) is 30.4. The summed E-state index contributed by atoms with van der Waals surface area (Å²) in [5.41, 5.74) is 18.3. The second-order valence-corrected chi connectivity index (χ2v) is 21.7. The number of nitrogens with one attached hydrogen (secondary N) is 4. The second kappa shape index (κ2) is 47.8. The molecule has 4 atom stereocenters. The Bertz CT molecular complexity index is 2330. The number of hydrogen-bond donors (Lipinski definition) is 8. The van der Waals surface area contributed by atoms with E-state index in [1.807, 2.05) is 40.8 Å². The molecule has 0 fully saturated rings. The summed E-state index contributed by atoms with van der Waals surface area (Å²) in [5.74, 6) is -0.179. The Labute approximate surface area is 510 Å². The van der Waals surface area contributed by atoms with Gasteiger partial charge in [0, 0.05) is 56.1 Å². The molecule has 0 saturated heterocycles. The highest BCUT2D eigenvalue weighted by Crippen LogP contribution is 2.18. The van der Waals surface area contributed by atoms with E-state index in [9.17, 15) is 24.0 Å². The minimum atomic E-state index is -1.04. The van der Waals surface area contributed by atoms with Gasteiger partial charge in [0.15, 0.2) is 0 Å². The molecule has 0 unspecified atom stereocenters. The average molecular weight is 1230 g/mol. The van der Waals surface area contributed by atoms with Crippen LogP contribution in [0.15, 0.2) is 37.2 Å². The van der Waals surface area contributed by atoms with Gasteiger partial charge in [0.25, 0.3) is 0 Å². The molecule has 0 aliphatic rings. The second-order valence-electron chi connectivity index (χ2n) is 20.5. The number of unbranched alkanes of at least 4 members (excludes halogenated alkanes) is 4. The Morgan fingerprint density at radius 1 is 0.590 bits per heavy atom. The third-order valence-electron chi connectivity index (χ3n) is 11.2. The number of halogens is 3. The van der Waals surface area contributed by atoms with E-state index in [-0.39, 0.29) is 35.7 Å². The number of hydrogen-bond acceptors (Lipinski definition) is 15. The molecule has 25 heteroatoms. The number of imidazole rings is 2. The van der Waals surface area contributed by atoms with E-state index in [1.54, 1.807) is 54.8 Å². The number of carboxylic acid groups (broad SMARTS) is 1. The van der Waals surface area contributed by atoms with E-state index >= 15 is 0 Å². The lowest BCUT2D eigenvalue weighted by Gasteiger charge is -2.21. The van der Waals surface area contributed by atoms with Crippen molar-refractivity contribution in [3.05, 3.63) is 69.7 Å². The first-order valence-electron chi connectivity index (χ1n) is 29.3. The Hall–Kier alpha value is -5.52. The number of ether oxygens (including phenoxy) is 1. The molecule has 0 aliphatic heterocycles. The van der Waals surface area contributed by atoms with Gasteiger partial charge in [-0.2, -0.15) is 0 Å². The Kier molecular flexibility index (Phi) is 45.8. The molecule has 0 radical (unpaired) electrons. The SMILES string of the molecule is CCCCN.CCCCNC(=O)[C@@H](N)CCC.CCCCNC(=O)[C@@H](N)CCC.CCCCNC(=O)[C@H](CCC)Cc1cc(Cl)nc(-n2cnc(C)c2)n1.CCC[C@H](NC(=O)OC(C)(C)C)C(=O)O.Cc1cn(-c2nc(Cl)cc(Cl)n2)cn1. The van der Waals surface area contributed by atoms with Crippen molar-refractivity contribution < 1.29 is 33.8 Å². The number of aromatic nitrogens is 8. The lowest BCUT2D eigenvalue weighted by Crippen LogP contribution is -2.43. The molecular weight excluding hydrogens is 1130 g/mol. The average Bonchev–Trinajstić information content (AvgIpc) is 4.21. The first-order chi connectivity index (χ1) is 39.3. The number of nitrogens with zero attached hydrogens (tertiary/aromatic N) is 8. The van der Waals surface area contributed by atoms with Gasteiger partial charge >= 0.3 is 12.1 Å². The smallest absolute Gasteiger partial charge is 0.408 e. The highest BCUT2D eigenvalue weighted by Gasteiger charge is 2.23. The van der Waals surface area contributed by atoms with Crippen molar-refractivity contribution in [1.82, 2.24) is 60.3 Å². The minimum Gasteiger partial charge on any atom is -0.480 e. The van der Waals surface area contributed by atoms with Gasteiger partial charge in [-0.1, -0.05) is 142 Å². The molecule has 0 bridgehead atoms. The predicted molar refractivity (Wildman–Crippen MR) is 334 cm³/mol. The van der Waals surface area contributed by atoms with Crippen LogP contribution in [0.5, 0.6) is 0 Å². The topological polar surface area (TPSA) is 328 Å². The largest absolute Gasteiger partial charge is 0.480 e. The van der Waals surface area contributed by atoms with Crippen LogP contribution in [-0.2, 0) is 30.3 Å². The summed E-state index contributed by atoms with van der Waals surface area (Å²) in [6.45, 7) is 28.5. The van der Waals surface area contributed by atoms with Gasteiger partial charge in [-0.15, -0.1) is 0 Å². The van der Waals surface area contributed by atoms with Crippen molar-refractivity contribution >= 4 is 64.6 Å². The summed E-state index contributed by atoms with van der Waals surface area (Å²) in [7, 11) is 0. The summed E-state index contributed by atoms with van der Waals surface area (Å²) >= 11 is 17.6. The van der Waals surface area contributed by atoms with Gasteiger partial charge in [0.05, 0.1) is 23.5 Å². The summed E-state index contributed by atoms with van der Waals surface area (Å²) in [5, 5.41) is 20.7. The number of aliphatic carboxylic acids is 1. The first kappa shape index (κ1) is 79.5. The third-order valence-corrected chi connectivity index (χ3v) is 11.8. The molecule has 83 heavy (non-hydrogen) atoms. The molecule has 4 amide bonds. The van der Waals surface area contributed by atoms with E-state index in [4.69, 9.17) is 61.8 Å². The highest BCUT2D eigenvalue weighted by molar-refractivity contribution is 6.33. The van der Waals surface area contributed by atoms with E-state index in [0.717, 1.165) is 120 Å². The zero-order chi connectivity index (χ0) is 63.3. The molecule has 472 valence electrons. The number of carbonyl (C=O) groups is 5. The summed E-state index contributed by atoms with van der Waals surface area (Å²) in [6, 6.07) is 1.72. The fraction of sp³-hybridized carbons (Fsp3) is 0.672. The van der Waals surface area contributed by atoms with Crippen molar-refractivity contribution in [3.63, 3.8) is 0 Å². The number of carbonyl (C=O) groups excluding carboxylic acids is 4. The van der Waals surface area contributed by atoms with Crippen molar-refractivity contribution in [3.8, 4) is 11.9 Å². The lowest BCUT2D eigenvalue weighted by atomic mass is 9.96. The van der Waals surface area contributed by atoms with Crippen molar-refractivity contribution in [2.45, 2.75) is 223 Å². The van der Waals surface area contributed by atoms with Crippen LogP contribution in [0.4, 0.5) is 4.79 Å². The van der Waals surface area contributed by atoms with E-state index in [1.165, 1.54) is 18.9 Å². The molecule has 0 aromatic carbocycles. The van der Waals surface area contributed by atoms with Gasteiger partial charge in [-0.3, -0.25) is 23.5 Å². The zero-order valence-electron chi connectivity index (χ0n) is 52.0. The molecular formula is C58H102Cl3N15O7. The normalized spacial score (nSPS) is 11.9. The summed E-state index contributed by atoms with van der Waals surface area (Å²) in [4.78, 5) is 81.8. The highest BCUT2D eigenvalue weighted by atomic mass is 35.5. The molecule has 4 heterocycles. The fourth-order valence-corrected chi connectivity index (χ4v) is 7.42. The molecule has 4 rings (SSSR count). The van der Waals surface area contributed by atoms with Gasteiger partial charge in [0.2, 0.25) is 29.6 Å². The van der Waals surface area contributed by atoms with Crippen LogP contribution in [0, 0.1) is 19.8 Å². The van der Waals surface area contributed by atoms with E-state index < -0.39 is 23.7 Å². The summed E-state index contributed by atoms with van der Waals surface area (Å²) in [6.07, 6.45) is 21.8. The van der Waals surface area contributed by atoms with Gasteiger partial charge in [-0.05, 0) is 98.6 Å². The van der Waals surface area contributed by atoms with Crippen LogP contribution >= 0.6 is 34.8 Å². The predicted octanol–water partition coefficient (Wildman–Crippen LogP) is 10.3. The molecule has 0 spiro atoms. The number of nitrogens with two attached hydrogens (primary N) is 3. The maximum absolute atomic E-state index is 12.5. The third kappa shape index (κ3) is 40.4. The van der Waals surface area contributed by atoms with Crippen LogP contribution in [0.3, 0.4) is 0 Å². The summed E-state index contributed by atoms with van der Waals surface area (Å²) < 4.78 is 8.35. The number of rotatable bonds is 28. The zero-order valence-corrected chi connectivity index (χ0v) is 54.2. The van der Waals surface area contributed by atoms with Gasteiger partial charge in [0.1, 0.15) is 39.8 Å². The van der Waals surface area contributed by atoms with Crippen LogP contribution < -0.4 is 38.5 Å². The molecule has 0 saturated carbocycles. The Morgan fingerprint density at radius 3 is 1.33 bits per heavy atom. The number of amides is 4. The standard InChI is InChI=1S/C18H26ClN5O.C10H19NO4.2C9H20N2O.C8H6Cl2N4.C4H11N/c1-4-6-8-20-17(25)14(7-5-2)9-15-10-16(19)23-18(22-15)24-11-13(3)21-12-24;1-5-6-7(8(12)13)11-9(14)15-10(2,3)4;2*1-3-5-7-11-9(12)8(10)6-4-2;1-5-3-14(4-11-5)8-12-6(9)2-7(10)13-8;1-2-3-4-5/h10-12,14H,4-9H2,1-3H3,(H,20,25);7H,5-6H2,1-4H3,(H,11,14)(H,12,13);2*8H,3-7,10H2,1-2H3,(H,11,12);2-4H,1H3;2-5H2,1H3/t14-;7-;2*8-;;/m1000../s1. The minimum absolute atomic E-state index is 0.00898. The van der Waals surface area contributed by atoms with Crippen molar-refractivity contribution in [2.24, 2.45) is 23.1 Å². The van der Waals surface area contributed by atoms with Gasteiger partial charge < -0.3 is 48.3 Å². The lowest BCUT2D eigenvalue weighted by molar-refractivity contribution is -0.139. The van der Waals surface area contributed by atoms with Crippen molar-refractivity contribution in [2.75, 3.05) is 26.2 Å². The maximum atomic E-state index is 12.5. The number of aryl methyl sites for hydroxylation is 2. The molecule has 0 aliphatic carbocycles. The fourth-order valence-electron chi connectivity index (χ4n) is 6.81.